The van der Waals surface area contributed by atoms with Crippen LogP contribution in [0.1, 0.15) is 102 Å². The number of rotatable bonds is 20. The van der Waals surface area contributed by atoms with E-state index in [4.69, 9.17) is 85.3 Å². The third-order valence-corrected chi connectivity index (χ3v) is 14.4. The van der Waals surface area contributed by atoms with Crippen molar-refractivity contribution < 1.29 is 109 Å². The van der Waals surface area contributed by atoms with E-state index in [0.717, 1.165) is 0 Å². The van der Waals surface area contributed by atoms with Gasteiger partial charge in [-0.3, -0.25) is 19.2 Å². The summed E-state index contributed by atoms with van der Waals surface area (Å²) in [7, 11) is 7.00. The van der Waals surface area contributed by atoms with Gasteiger partial charge in [0, 0.05) is 47.7 Å². The molecule has 0 unspecified atom stereocenters. The van der Waals surface area contributed by atoms with Crippen molar-refractivity contribution in [3.63, 3.8) is 0 Å². The topological polar surface area (TPSA) is 300 Å². The molecule has 8 fully saturated rings. The normalized spacial score (nSPS) is 38.4. The number of ether oxygens (including phenoxy) is 18. The Balaban J connectivity index is 1.05. The molecule has 27 heteroatoms. The second kappa shape index (κ2) is 22.8. The third-order valence-electron chi connectivity index (χ3n) is 14.4. The number of carbonyl (C=O) groups is 5. The molecule has 0 bridgehead atoms. The van der Waals surface area contributed by atoms with Gasteiger partial charge in [-0.2, -0.15) is 0 Å². The summed E-state index contributed by atoms with van der Waals surface area (Å²) in [4.78, 5) is 70.4. The number of carbonyl (C=O) groups excluding carboxylic acids is 5. The lowest BCUT2D eigenvalue weighted by Crippen LogP contribution is -2.57. The molecule has 4 N–H and O–H groups in total. The quantitative estimate of drug-likeness (QED) is 0.122. The van der Waals surface area contributed by atoms with Crippen molar-refractivity contribution in [3.05, 3.63) is 0 Å². The standard InChI is InChI=1S/C50H80N4O23/c1-46(2,3)77-45(59)54-23(31-35(63-15)39-43(67-31)75-49(8,9)71-39)19-27(57)52-21(29-33(61-13)37-41(65-29)73-47(4,5)69-37)17-25(55)51-22(30-34(62-14)38-42(66-30)74-48(6,7)70-38)18-26(56)53-24(20-28(58)60-12)32-36(64-16)40-44(68-32)76-50(10,11)72-40/h21-24,29-44H,17-20H2,1-16H3,(H,51,55)(H,52,57)(H,53,56)(H,54,59)/t21-,22-,23-,24-,29+,30+,31+,32+,33-,34-,35-,36-,37+,38+,39+,40+,41+,42+,43+,44+/m0/s1. The van der Waals surface area contributed by atoms with Gasteiger partial charge in [0.2, 0.25) is 17.7 Å². The summed E-state index contributed by atoms with van der Waals surface area (Å²) in [5.74, 6) is -6.75. The average Bonchev–Trinajstić information content (AvgIpc) is 4.23. The molecule has 0 aromatic heterocycles. The molecule has 0 spiro atoms. The molecule has 8 aliphatic heterocycles. The van der Waals surface area contributed by atoms with Gasteiger partial charge >= 0.3 is 12.1 Å². The van der Waals surface area contributed by atoms with Crippen molar-refractivity contribution in [3.8, 4) is 0 Å². The summed E-state index contributed by atoms with van der Waals surface area (Å²) in [6.45, 7) is 18.9. The fraction of sp³-hybridized carbons (Fsp3) is 0.900. The number of hydrogen-bond acceptors (Lipinski definition) is 23. The second-order valence-electron chi connectivity index (χ2n) is 23.2. The first-order valence-corrected chi connectivity index (χ1v) is 26.1. The van der Waals surface area contributed by atoms with Crippen LogP contribution in [-0.2, 0) is 104 Å². The van der Waals surface area contributed by atoms with E-state index in [1.165, 1.54) is 35.5 Å². The highest BCUT2D eigenvalue weighted by molar-refractivity contribution is 5.83. The zero-order valence-corrected chi connectivity index (χ0v) is 46.8. The van der Waals surface area contributed by atoms with Crippen molar-refractivity contribution in [1.82, 2.24) is 21.3 Å². The van der Waals surface area contributed by atoms with E-state index in [9.17, 15) is 24.0 Å². The number of hydrogen-bond donors (Lipinski definition) is 4. The van der Waals surface area contributed by atoms with Crippen molar-refractivity contribution in [2.24, 2.45) is 0 Å². The molecule has 0 aromatic rings. The van der Waals surface area contributed by atoms with Crippen LogP contribution in [-0.4, -0.2) is 217 Å². The lowest BCUT2D eigenvalue weighted by molar-refractivity contribution is -0.221. The van der Waals surface area contributed by atoms with Crippen molar-refractivity contribution in [2.45, 2.75) is 253 Å². The summed E-state index contributed by atoms with van der Waals surface area (Å²) in [5, 5.41) is 11.6. The van der Waals surface area contributed by atoms with Crippen LogP contribution in [0.25, 0.3) is 0 Å². The van der Waals surface area contributed by atoms with Crippen molar-refractivity contribution in [1.29, 1.82) is 0 Å². The monoisotopic (exact) mass is 1100 g/mol. The largest absolute Gasteiger partial charge is 0.469 e. The van der Waals surface area contributed by atoms with Gasteiger partial charge in [-0.25, -0.2) is 4.79 Å². The molecule has 0 radical (unpaired) electrons. The minimum atomic E-state index is -1.20. The molecule has 8 heterocycles. The first-order chi connectivity index (χ1) is 36.0. The van der Waals surface area contributed by atoms with Gasteiger partial charge in [0.15, 0.2) is 48.3 Å². The molecule has 20 atom stereocenters. The highest BCUT2D eigenvalue weighted by Gasteiger charge is 2.62. The highest BCUT2D eigenvalue weighted by Crippen LogP contribution is 2.44. The summed E-state index contributed by atoms with van der Waals surface area (Å²) < 4.78 is 108. The number of amides is 4. The maximum Gasteiger partial charge on any atom is 0.407 e. The average molecular weight is 1110 g/mol. The second-order valence-corrected chi connectivity index (χ2v) is 23.2. The van der Waals surface area contributed by atoms with E-state index in [1.807, 2.05) is 0 Å². The molecular formula is C50H80N4O23. The highest BCUT2D eigenvalue weighted by atomic mass is 16.9. The first kappa shape index (κ1) is 59.6. The van der Waals surface area contributed by atoms with E-state index in [1.54, 1.807) is 76.2 Å². The Kier molecular flexibility index (Phi) is 17.7. The first-order valence-electron chi connectivity index (χ1n) is 26.1. The van der Waals surface area contributed by atoms with Gasteiger partial charge in [0.25, 0.3) is 0 Å². The molecule has 77 heavy (non-hydrogen) atoms. The third kappa shape index (κ3) is 13.5. The van der Waals surface area contributed by atoms with Gasteiger partial charge in [-0.05, 0) is 76.2 Å². The molecule has 8 saturated heterocycles. The fourth-order valence-corrected chi connectivity index (χ4v) is 11.5. The molecule has 8 rings (SSSR count). The van der Waals surface area contributed by atoms with Gasteiger partial charge < -0.3 is 107 Å². The predicted octanol–water partition coefficient (Wildman–Crippen LogP) is 0.633. The van der Waals surface area contributed by atoms with Gasteiger partial charge in [0.05, 0.1) is 37.7 Å². The van der Waals surface area contributed by atoms with Crippen LogP contribution < -0.4 is 21.3 Å². The predicted molar refractivity (Wildman–Crippen MR) is 257 cm³/mol. The molecule has 4 amide bonds. The van der Waals surface area contributed by atoms with Crippen molar-refractivity contribution >= 4 is 29.8 Å². The van der Waals surface area contributed by atoms with Gasteiger partial charge in [-0.1, -0.05) is 0 Å². The number of methoxy groups -OCH3 is 5. The Hall–Kier alpha value is -3.49. The SMILES string of the molecule is COC(=O)C[C@H](NC(=O)C[C@H](NC(=O)C[C@H](NC(=O)C[C@H](NC(=O)OC(C)(C)C)[C@H]1O[C@@H]2OC(C)(C)O[C@@H]2[C@H]1OC)[C@H]1O[C@@H]2OC(C)(C)O[C@@H]2[C@H]1OC)[C@H]1O[C@@H]2OC(C)(C)O[C@@H]2[C@H]1OC)[C@H]1O[C@@H]2OC(C)(C)O[C@@H]2[C@H]1OC. The Morgan fingerprint density at radius 1 is 0.416 bits per heavy atom. The van der Waals surface area contributed by atoms with E-state index in [-0.39, 0.29) is 6.42 Å². The van der Waals surface area contributed by atoms with Crippen LogP contribution in [0.2, 0.25) is 0 Å². The summed E-state index contributed by atoms with van der Waals surface area (Å²) >= 11 is 0. The lowest BCUT2D eigenvalue weighted by Gasteiger charge is -2.34. The van der Waals surface area contributed by atoms with Crippen LogP contribution in [0.4, 0.5) is 4.79 Å². The number of alkyl carbamates (subject to hydrolysis) is 1. The zero-order chi connectivity index (χ0) is 56.3. The molecule has 0 saturated carbocycles. The number of fused-ring (bicyclic) bond motifs is 4. The maximum atomic E-state index is 14.9. The van der Waals surface area contributed by atoms with Gasteiger partial charge in [-0.15, -0.1) is 0 Å². The summed E-state index contributed by atoms with van der Waals surface area (Å²) in [5.41, 5.74) is -0.907. The number of nitrogens with one attached hydrogen (secondary N) is 4. The van der Waals surface area contributed by atoms with Gasteiger partial charge in [0.1, 0.15) is 78.8 Å². The van der Waals surface area contributed by atoms with Crippen molar-refractivity contribution in [2.75, 3.05) is 35.5 Å². The molecular weight excluding hydrogens is 1020 g/mol. The molecule has 0 aromatic carbocycles. The van der Waals surface area contributed by atoms with Crippen LogP contribution in [0, 0.1) is 0 Å². The number of esters is 1. The van der Waals surface area contributed by atoms with Crippen LogP contribution in [0.5, 0.6) is 0 Å². The van der Waals surface area contributed by atoms with Crippen LogP contribution >= 0.6 is 0 Å². The minimum Gasteiger partial charge on any atom is -0.469 e. The molecule has 0 aliphatic carbocycles. The minimum absolute atomic E-state index is 0.335. The van der Waals surface area contributed by atoms with E-state index >= 15 is 0 Å². The fourth-order valence-electron chi connectivity index (χ4n) is 11.5. The summed E-state index contributed by atoms with van der Waals surface area (Å²) in [6.07, 6.45) is -16.6. The smallest absolute Gasteiger partial charge is 0.407 e. The molecule has 438 valence electrons. The molecule has 27 nitrogen and oxygen atoms in total. The van der Waals surface area contributed by atoms with E-state index < -0.39 is 200 Å². The Labute approximate surface area is 448 Å². The van der Waals surface area contributed by atoms with Crippen LogP contribution in [0.15, 0.2) is 0 Å². The summed E-state index contributed by atoms with van der Waals surface area (Å²) in [6, 6.07) is -4.53. The van der Waals surface area contributed by atoms with E-state index in [2.05, 4.69) is 21.3 Å². The molecule has 8 aliphatic rings. The Bertz CT molecular complexity index is 2140. The lowest BCUT2D eigenvalue weighted by atomic mass is 9.96. The van der Waals surface area contributed by atoms with Crippen LogP contribution in [0.3, 0.4) is 0 Å². The van der Waals surface area contributed by atoms with E-state index in [0.29, 0.717) is 0 Å². The maximum absolute atomic E-state index is 14.9. The Morgan fingerprint density at radius 3 is 0.922 bits per heavy atom. The zero-order valence-electron chi connectivity index (χ0n) is 46.8. The Morgan fingerprint density at radius 2 is 0.675 bits per heavy atom.